The van der Waals surface area contributed by atoms with E-state index >= 15 is 0 Å². The first-order chi connectivity index (χ1) is 36.6. The fourth-order valence-corrected chi connectivity index (χ4v) is 34.9. The number of thiophene rings is 1. The Morgan fingerprint density at radius 3 is 1.08 bits per heavy atom. The molecular formula is C66H50O3SSi4. The highest BCUT2D eigenvalue weighted by Crippen LogP contribution is 2.35. The lowest BCUT2D eigenvalue weighted by molar-refractivity contribution is 0.268. The molecule has 354 valence electrons. The van der Waals surface area contributed by atoms with E-state index in [-0.39, 0.29) is 0 Å². The van der Waals surface area contributed by atoms with Crippen LogP contribution in [0.2, 0.25) is 0 Å². The van der Waals surface area contributed by atoms with Crippen molar-refractivity contribution in [2.45, 2.75) is 0 Å². The van der Waals surface area contributed by atoms with Crippen LogP contribution in [-0.4, -0.2) is 33.8 Å². The highest BCUT2D eigenvalue weighted by Gasteiger charge is 2.67. The fourth-order valence-electron chi connectivity index (χ4n) is 11.4. The van der Waals surface area contributed by atoms with Crippen molar-refractivity contribution >= 4 is 117 Å². The normalized spacial score (nSPS) is 14.9. The molecule has 12 aromatic rings. The zero-order valence-electron chi connectivity index (χ0n) is 40.5. The molecule has 0 aliphatic carbocycles. The van der Waals surface area contributed by atoms with Gasteiger partial charge in [0.2, 0.25) is 0 Å². The third-order valence-corrected chi connectivity index (χ3v) is 34.4. The summed E-state index contributed by atoms with van der Waals surface area (Å²) >= 11 is 1.92. The summed E-state index contributed by atoms with van der Waals surface area (Å²) in [5.41, 5.74) is 2.22. The van der Waals surface area contributed by atoms with E-state index in [1.54, 1.807) is 0 Å². The Hall–Kier alpha value is -7.61. The summed E-state index contributed by atoms with van der Waals surface area (Å²) < 4.78 is 27.3. The molecule has 0 spiro atoms. The van der Waals surface area contributed by atoms with Gasteiger partial charge in [-0.15, -0.1) is 11.3 Å². The zero-order chi connectivity index (χ0) is 49.4. The molecule has 0 atom stereocenters. The minimum Gasteiger partial charge on any atom is -0.402 e. The lowest BCUT2D eigenvalue weighted by Crippen LogP contribution is -2.88. The number of benzene rings is 11. The van der Waals surface area contributed by atoms with Crippen LogP contribution >= 0.6 is 11.3 Å². The molecule has 3 nitrogen and oxygen atoms in total. The molecule has 1 aliphatic heterocycles. The Balaban J connectivity index is 1.07. The van der Waals surface area contributed by atoms with Gasteiger partial charge in [-0.1, -0.05) is 297 Å². The Morgan fingerprint density at radius 1 is 0.270 bits per heavy atom. The van der Waals surface area contributed by atoms with Crippen LogP contribution < -0.4 is 51.9 Å². The molecule has 8 heteroatoms. The maximum atomic E-state index is 8.29. The molecule has 1 fully saturated rings. The van der Waals surface area contributed by atoms with Crippen LogP contribution in [0.4, 0.5) is 0 Å². The summed E-state index contributed by atoms with van der Waals surface area (Å²) in [6.45, 7) is 0. The van der Waals surface area contributed by atoms with E-state index in [4.69, 9.17) is 12.3 Å². The van der Waals surface area contributed by atoms with Gasteiger partial charge < -0.3 is 12.3 Å². The molecule has 0 N–H and O–H groups in total. The van der Waals surface area contributed by atoms with Gasteiger partial charge >= 0.3 is 25.7 Å². The van der Waals surface area contributed by atoms with Crippen molar-refractivity contribution in [3.8, 4) is 11.1 Å². The maximum Gasteiger partial charge on any atom is 0.390 e. The lowest BCUT2D eigenvalue weighted by Gasteiger charge is -2.53. The molecule has 0 bridgehead atoms. The number of hydrogen-bond donors (Lipinski definition) is 0. The van der Waals surface area contributed by atoms with E-state index in [1.807, 2.05) is 11.3 Å². The van der Waals surface area contributed by atoms with Crippen LogP contribution in [0.15, 0.2) is 303 Å². The van der Waals surface area contributed by atoms with Crippen LogP contribution in [0.1, 0.15) is 0 Å². The van der Waals surface area contributed by atoms with Crippen LogP contribution in [0.5, 0.6) is 0 Å². The van der Waals surface area contributed by atoms with E-state index < -0.39 is 33.8 Å². The molecule has 1 aliphatic rings. The summed E-state index contributed by atoms with van der Waals surface area (Å²) in [5.74, 6) is 0. The molecule has 0 amide bonds. The van der Waals surface area contributed by atoms with Gasteiger partial charge in [-0.3, -0.25) is 0 Å². The van der Waals surface area contributed by atoms with Crippen molar-refractivity contribution in [3.63, 3.8) is 0 Å². The van der Waals surface area contributed by atoms with Crippen molar-refractivity contribution in [1.82, 2.24) is 0 Å². The third-order valence-electron chi connectivity index (χ3n) is 14.7. The van der Waals surface area contributed by atoms with Gasteiger partial charge in [-0.2, -0.15) is 0 Å². The summed E-state index contributed by atoms with van der Waals surface area (Å²) in [4.78, 5) is 0. The SMILES string of the molecule is c1ccc([Si]2(c3ccccc3)O[Si](c3ccccc3)(c3ccccc3)O[Si](c3ccccc3)(c3cccc(-c4cccc([Si](c5ccccc5)(c5ccccc5)c5cccc6c5sc5ccccc56)c4)c3)O2)cc1. The number of rotatable bonds is 11. The smallest absolute Gasteiger partial charge is 0.390 e. The average Bonchev–Trinajstić information content (AvgIpc) is 3.88. The molecule has 13 rings (SSSR count). The third kappa shape index (κ3) is 7.69. The number of hydrogen-bond acceptors (Lipinski definition) is 4. The first kappa shape index (κ1) is 46.2. The molecule has 0 saturated carbocycles. The molecule has 1 saturated heterocycles. The van der Waals surface area contributed by atoms with Crippen molar-refractivity contribution in [1.29, 1.82) is 0 Å². The lowest BCUT2D eigenvalue weighted by atomic mass is 10.1. The predicted molar refractivity (Wildman–Crippen MR) is 319 cm³/mol. The Bertz CT molecular complexity index is 3680. The Labute approximate surface area is 441 Å². The first-order valence-electron chi connectivity index (χ1n) is 25.2. The van der Waals surface area contributed by atoms with E-state index in [1.165, 1.54) is 40.9 Å². The molecule has 11 aromatic carbocycles. The van der Waals surface area contributed by atoms with Gasteiger partial charge in [0.1, 0.15) is 0 Å². The van der Waals surface area contributed by atoms with Gasteiger partial charge in [0.15, 0.2) is 8.07 Å². The minimum atomic E-state index is -3.85. The topological polar surface area (TPSA) is 27.7 Å². The standard InChI is InChI=1S/C66H50O3SSi4/c1-8-29-53(30-9-1)71(54-31-10-2-11-32-54,65-48-26-46-63-62-45-22-23-47-64(62)70-66(63)65)60-43-24-27-51(49-60)52-28-25-44-61(50-52)74(59-41-20-7-21-42-59)68-72(55-33-12-3-13-34-55,56-35-14-4-15-36-56)67-73(69-74,57-37-16-5-17-38-57)58-39-18-6-19-40-58/h1-50H. The molecule has 0 radical (unpaired) electrons. The van der Waals surface area contributed by atoms with E-state index in [2.05, 4.69) is 303 Å². The molecule has 2 heterocycles. The molecular weight excluding hydrogens is 985 g/mol. The zero-order valence-corrected chi connectivity index (χ0v) is 45.3. The monoisotopic (exact) mass is 1030 g/mol. The van der Waals surface area contributed by atoms with E-state index in [9.17, 15) is 0 Å². The van der Waals surface area contributed by atoms with E-state index in [0.717, 1.165) is 42.2 Å². The van der Waals surface area contributed by atoms with Crippen molar-refractivity contribution < 1.29 is 12.3 Å². The van der Waals surface area contributed by atoms with Crippen molar-refractivity contribution in [2.24, 2.45) is 0 Å². The van der Waals surface area contributed by atoms with Gasteiger partial charge in [0, 0.05) is 20.2 Å². The summed E-state index contributed by atoms with van der Waals surface area (Å²) in [6, 6.07) is 110. The molecule has 1 aromatic heterocycles. The summed E-state index contributed by atoms with van der Waals surface area (Å²) in [7, 11) is -14.3. The second-order valence-corrected chi connectivity index (χ2v) is 33.3. The van der Waals surface area contributed by atoms with Gasteiger partial charge in [0.05, 0.1) is 0 Å². The molecule has 74 heavy (non-hydrogen) atoms. The van der Waals surface area contributed by atoms with Crippen molar-refractivity contribution in [3.05, 3.63) is 303 Å². The second kappa shape index (κ2) is 19.3. The van der Waals surface area contributed by atoms with Crippen molar-refractivity contribution in [2.75, 3.05) is 0 Å². The van der Waals surface area contributed by atoms with Crippen LogP contribution in [0, 0.1) is 0 Å². The van der Waals surface area contributed by atoms with Gasteiger partial charge in [-0.25, -0.2) is 0 Å². The average molecular weight is 1040 g/mol. The van der Waals surface area contributed by atoms with Gasteiger partial charge in [-0.05, 0) is 69.1 Å². The Morgan fingerprint density at radius 2 is 0.608 bits per heavy atom. The van der Waals surface area contributed by atoms with Crippen LogP contribution in [0.25, 0.3) is 31.3 Å². The first-order valence-corrected chi connectivity index (χ1v) is 33.5. The summed E-state index contributed by atoms with van der Waals surface area (Å²) in [6.07, 6.45) is 0. The minimum absolute atomic E-state index is 1.02. The summed E-state index contributed by atoms with van der Waals surface area (Å²) in [5, 5.41) is 14.2. The quantitative estimate of drug-likeness (QED) is 0.0957. The maximum absolute atomic E-state index is 8.29. The Kier molecular flexibility index (Phi) is 12.1. The highest BCUT2D eigenvalue weighted by molar-refractivity contribution is 7.30. The van der Waals surface area contributed by atoms with Gasteiger partial charge in [0.25, 0.3) is 0 Å². The fraction of sp³-hybridized carbons (Fsp3) is 0. The van der Waals surface area contributed by atoms with Crippen LogP contribution in [-0.2, 0) is 12.3 Å². The highest BCUT2D eigenvalue weighted by atomic mass is 32.1. The van der Waals surface area contributed by atoms with Crippen LogP contribution in [0.3, 0.4) is 0 Å². The van der Waals surface area contributed by atoms with E-state index in [0.29, 0.717) is 0 Å². The second-order valence-electron chi connectivity index (χ2n) is 18.9. The number of fused-ring (bicyclic) bond motifs is 3. The predicted octanol–water partition coefficient (Wildman–Crippen LogP) is 9.23. The molecule has 0 unspecified atom stereocenters. The largest absolute Gasteiger partial charge is 0.402 e.